The highest BCUT2D eigenvalue weighted by atomic mass is 16.3. The van der Waals surface area contributed by atoms with Crippen LogP contribution in [0.2, 0.25) is 0 Å². The molecule has 5 heteroatoms. The van der Waals surface area contributed by atoms with Gasteiger partial charge in [0.2, 0.25) is 5.91 Å². The Morgan fingerprint density at radius 2 is 1.92 bits per heavy atom. The van der Waals surface area contributed by atoms with Crippen molar-refractivity contribution in [2.24, 2.45) is 0 Å². The molecule has 2 amide bonds. The van der Waals surface area contributed by atoms with Crippen molar-refractivity contribution in [1.29, 1.82) is 0 Å². The summed E-state index contributed by atoms with van der Waals surface area (Å²) < 4.78 is 0. The lowest BCUT2D eigenvalue weighted by molar-refractivity contribution is -0.128. The Morgan fingerprint density at radius 1 is 1.12 bits per heavy atom. The Balaban J connectivity index is 1.70. The highest BCUT2D eigenvalue weighted by molar-refractivity contribution is 6.04. The van der Waals surface area contributed by atoms with Crippen LogP contribution >= 0.6 is 0 Å². The van der Waals surface area contributed by atoms with Gasteiger partial charge in [0.05, 0.1) is 6.61 Å². The maximum absolute atomic E-state index is 12.4. The summed E-state index contributed by atoms with van der Waals surface area (Å²) in [5.74, 6) is -0.0367. The summed E-state index contributed by atoms with van der Waals surface area (Å²) in [4.78, 5) is 26.0. The molecular formula is C19H20N2O3. The van der Waals surface area contributed by atoms with Gasteiger partial charge in [-0.25, -0.2) is 0 Å². The van der Waals surface area contributed by atoms with Crippen LogP contribution in [-0.4, -0.2) is 28.4 Å². The number of likely N-dealkylation sites (tertiary alicyclic amines) is 1. The Labute approximate surface area is 140 Å². The number of aliphatic hydroxyl groups is 1. The normalized spacial score (nSPS) is 14.0. The van der Waals surface area contributed by atoms with Gasteiger partial charge < -0.3 is 15.3 Å². The summed E-state index contributed by atoms with van der Waals surface area (Å²) in [5, 5.41) is 12.0. The highest BCUT2D eigenvalue weighted by Crippen LogP contribution is 2.17. The molecule has 0 unspecified atom stereocenters. The van der Waals surface area contributed by atoms with Crippen LogP contribution < -0.4 is 5.32 Å². The molecule has 1 aliphatic rings. The second-order valence-electron chi connectivity index (χ2n) is 5.93. The first-order chi connectivity index (χ1) is 11.7. The SMILES string of the molecule is O=C(Nc1cccc(CO)c1)c1cccc(CN2CCCC2=O)c1. The van der Waals surface area contributed by atoms with Gasteiger partial charge in [0.15, 0.2) is 0 Å². The van der Waals surface area contributed by atoms with Crippen LogP contribution in [0.25, 0.3) is 0 Å². The van der Waals surface area contributed by atoms with E-state index in [1.807, 2.05) is 23.1 Å². The number of amides is 2. The predicted octanol–water partition coefficient (Wildman–Crippen LogP) is 2.55. The Morgan fingerprint density at radius 3 is 2.67 bits per heavy atom. The molecule has 5 nitrogen and oxygen atoms in total. The first-order valence-corrected chi connectivity index (χ1v) is 8.03. The van der Waals surface area contributed by atoms with Crippen LogP contribution in [0.15, 0.2) is 48.5 Å². The molecule has 24 heavy (non-hydrogen) atoms. The molecule has 0 aromatic heterocycles. The van der Waals surface area contributed by atoms with E-state index in [0.717, 1.165) is 24.1 Å². The van der Waals surface area contributed by atoms with Crippen LogP contribution in [-0.2, 0) is 17.9 Å². The van der Waals surface area contributed by atoms with E-state index in [1.165, 1.54) is 0 Å². The van der Waals surface area contributed by atoms with Crippen LogP contribution in [0.3, 0.4) is 0 Å². The van der Waals surface area contributed by atoms with Crippen molar-refractivity contribution < 1.29 is 14.7 Å². The summed E-state index contributed by atoms with van der Waals surface area (Å²) in [6.07, 6.45) is 1.52. The van der Waals surface area contributed by atoms with Gasteiger partial charge in [0.1, 0.15) is 0 Å². The number of hydrogen-bond donors (Lipinski definition) is 2. The molecule has 124 valence electrons. The number of anilines is 1. The van der Waals surface area contributed by atoms with Crippen LogP contribution in [0.4, 0.5) is 5.69 Å². The van der Waals surface area contributed by atoms with E-state index in [-0.39, 0.29) is 18.4 Å². The van der Waals surface area contributed by atoms with Gasteiger partial charge in [-0.2, -0.15) is 0 Å². The fourth-order valence-electron chi connectivity index (χ4n) is 2.85. The lowest BCUT2D eigenvalue weighted by Crippen LogP contribution is -2.24. The second-order valence-corrected chi connectivity index (χ2v) is 5.93. The van der Waals surface area contributed by atoms with Gasteiger partial charge in [0.25, 0.3) is 5.91 Å². The van der Waals surface area contributed by atoms with Gasteiger partial charge in [0, 0.05) is 30.8 Å². The van der Waals surface area contributed by atoms with E-state index in [4.69, 9.17) is 5.11 Å². The van der Waals surface area contributed by atoms with E-state index < -0.39 is 0 Å². The van der Waals surface area contributed by atoms with Crippen molar-refractivity contribution >= 4 is 17.5 Å². The average Bonchev–Trinajstić information content (AvgIpc) is 3.00. The largest absolute Gasteiger partial charge is 0.392 e. The summed E-state index contributed by atoms with van der Waals surface area (Å²) in [6.45, 7) is 1.26. The zero-order valence-corrected chi connectivity index (χ0v) is 13.4. The maximum Gasteiger partial charge on any atom is 0.255 e. The van der Waals surface area contributed by atoms with Crippen molar-refractivity contribution in [3.8, 4) is 0 Å². The lowest BCUT2D eigenvalue weighted by Gasteiger charge is -2.16. The van der Waals surface area contributed by atoms with Crippen molar-refractivity contribution in [2.45, 2.75) is 26.0 Å². The van der Waals surface area contributed by atoms with E-state index in [1.54, 1.807) is 30.3 Å². The molecule has 2 aromatic rings. The number of nitrogens with zero attached hydrogens (tertiary/aromatic N) is 1. The van der Waals surface area contributed by atoms with E-state index in [0.29, 0.717) is 24.2 Å². The summed E-state index contributed by atoms with van der Waals surface area (Å²) in [6, 6.07) is 14.4. The van der Waals surface area contributed by atoms with Crippen molar-refractivity contribution in [3.63, 3.8) is 0 Å². The maximum atomic E-state index is 12.4. The minimum atomic E-state index is -0.209. The Bertz CT molecular complexity index is 758. The molecule has 0 radical (unpaired) electrons. The molecule has 0 atom stereocenters. The van der Waals surface area contributed by atoms with Gasteiger partial charge in [-0.1, -0.05) is 24.3 Å². The Hall–Kier alpha value is -2.66. The molecule has 1 saturated heterocycles. The fourth-order valence-corrected chi connectivity index (χ4v) is 2.85. The smallest absolute Gasteiger partial charge is 0.255 e. The topological polar surface area (TPSA) is 69.6 Å². The molecule has 2 aromatic carbocycles. The molecule has 0 saturated carbocycles. The summed E-state index contributed by atoms with van der Waals surface area (Å²) >= 11 is 0. The number of aliphatic hydroxyl groups excluding tert-OH is 1. The predicted molar refractivity (Wildman–Crippen MR) is 91.4 cm³/mol. The minimum Gasteiger partial charge on any atom is -0.392 e. The van der Waals surface area contributed by atoms with Gasteiger partial charge in [-0.05, 0) is 41.8 Å². The molecule has 1 fully saturated rings. The molecular weight excluding hydrogens is 304 g/mol. The molecule has 1 aliphatic heterocycles. The zero-order valence-electron chi connectivity index (χ0n) is 13.4. The lowest BCUT2D eigenvalue weighted by atomic mass is 10.1. The van der Waals surface area contributed by atoms with Crippen LogP contribution in [0, 0.1) is 0 Å². The highest BCUT2D eigenvalue weighted by Gasteiger charge is 2.20. The molecule has 1 heterocycles. The van der Waals surface area contributed by atoms with Crippen molar-refractivity contribution in [2.75, 3.05) is 11.9 Å². The standard InChI is InChI=1S/C19H20N2O3/c22-13-15-5-2-7-17(11-15)20-19(24)16-6-1-4-14(10-16)12-21-9-3-8-18(21)23/h1-2,4-7,10-11,22H,3,8-9,12-13H2,(H,20,24). The summed E-state index contributed by atoms with van der Waals surface area (Å²) in [7, 11) is 0. The third-order valence-electron chi connectivity index (χ3n) is 4.10. The average molecular weight is 324 g/mol. The van der Waals surface area contributed by atoms with E-state index in [2.05, 4.69) is 5.32 Å². The first-order valence-electron chi connectivity index (χ1n) is 8.03. The fraction of sp³-hybridized carbons (Fsp3) is 0.263. The van der Waals surface area contributed by atoms with Crippen LogP contribution in [0.1, 0.15) is 34.3 Å². The molecule has 3 rings (SSSR count). The number of rotatable bonds is 5. The van der Waals surface area contributed by atoms with E-state index in [9.17, 15) is 9.59 Å². The van der Waals surface area contributed by atoms with E-state index >= 15 is 0 Å². The number of benzene rings is 2. The zero-order chi connectivity index (χ0) is 16.9. The molecule has 0 bridgehead atoms. The molecule has 0 spiro atoms. The minimum absolute atomic E-state index is 0.0664. The van der Waals surface area contributed by atoms with Gasteiger partial charge >= 0.3 is 0 Å². The van der Waals surface area contributed by atoms with Crippen molar-refractivity contribution in [3.05, 3.63) is 65.2 Å². The number of hydrogen-bond acceptors (Lipinski definition) is 3. The summed E-state index contributed by atoms with van der Waals surface area (Å²) in [5.41, 5.74) is 2.89. The quantitative estimate of drug-likeness (QED) is 0.888. The third-order valence-corrected chi connectivity index (χ3v) is 4.10. The number of carbonyl (C=O) groups is 2. The Kier molecular flexibility index (Phi) is 4.91. The van der Waals surface area contributed by atoms with Gasteiger partial charge in [-0.3, -0.25) is 9.59 Å². The number of nitrogens with one attached hydrogen (secondary N) is 1. The first kappa shape index (κ1) is 16.2. The monoisotopic (exact) mass is 324 g/mol. The molecule has 2 N–H and O–H groups in total. The van der Waals surface area contributed by atoms with Crippen molar-refractivity contribution in [1.82, 2.24) is 4.90 Å². The van der Waals surface area contributed by atoms with Crippen LogP contribution in [0.5, 0.6) is 0 Å². The second kappa shape index (κ2) is 7.27. The van der Waals surface area contributed by atoms with Gasteiger partial charge in [-0.15, -0.1) is 0 Å². The molecule has 0 aliphatic carbocycles. The number of carbonyl (C=O) groups excluding carboxylic acids is 2. The third kappa shape index (κ3) is 3.81.